The molecule has 0 N–H and O–H groups in total. The van der Waals surface area contributed by atoms with Crippen molar-refractivity contribution in [3.8, 4) is 0 Å². The van der Waals surface area contributed by atoms with Gasteiger partial charge in [0.15, 0.2) is 11.0 Å². The first kappa shape index (κ1) is 42.1. The standard InChI is InChI=1S/C63H56N2O2/c1-11-17-54(58-40(4)45-22-14-25-50(59(45)66-58)62(5,6)7)64(43-20-12-18-38(2)36-43)52-34-30-41-29-33-49-53(35-31-42-28-32-48(52)56(41)57(42)49)65(44-21-13-19-39(3)37-44)55-27-16-24-47-46-23-15-26-51(63(8,9)10)60(46)67-61(47)55/h11-37H,4H2,1-3,5-10H3/b17-11-,58-54-. The molecular formula is C63H56N2O2. The first-order valence-corrected chi connectivity index (χ1v) is 23.5. The Balaban J connectivity index is 1.20. The molecule has 2 aromatic heterocycles. The maximum Gasteiger partial charge on any atom is 0.159 e. The SMILES string of the molecule is C=c1/c(=C(\C=C/C)N(c2cccc(C)c2)c2ccc3ccc4c(N(c5cccc(C)c5)c5cccc6c5oc5c(C(C)(C)C)cccc56)ccc5ccc2c3c54)oc2c(C(C)(C)C)cccc12. The maximum atomic E-state index is 7.08. The number of allylic oxidation sites excluding steroid dienone is 1. The lowest BCUT2D eigenvalue weighted by atomic mass is 9.86. The molecule has 0 spiro atoms. The summed E-state index contributed by atoms with van der Waals surface area (Å²) in [4.78, 5) is 4.78. The van der Waals surface area contributed by atoms with Crippen LogP contribution in [0.15, 0.2) is 173 Å². The molecule has 0 aliphatic rings. The normalized spacial score (nSPS) is 13.1. The number of rotatable bonds is 7. The van der Waals surface area contributed by atoms with Crippen molar-refractivity contribution in [2.45, 2.75) is 73.1 Å². The van der Waals surface area contributed by atoms with E-state index in [1.165, 1.54) is 38.2 Å². The van der Waals surface area contributed by atoms with Crippen LogP contribution in [0, 0.1) is 13.8 Å². The lowest BCUT2D eigenvalue weighted by Crippen LogP contribution is -2.29. The Hall–Kier alpha value is -7.56. The van der Waals surface area contributed by atoms with Crippen LogP contribution in [-0.2, 0) is 10.8 Å². The number of para-hydroxylation sites is 3. The molecule has 0 saturated carbocycles. The number of furan rings is 2. The van der Waals surface area contributed by atoms with E-state index in [4.69, 9.17) is 15.4 Å². The zero-order valence-electron chi connectivity index (χ0n) is 40.0. The minimum Gasteiger partial charge on any atom is -0.454 e. The van der Waals surface area contributed by atoms with Gasteiger partial charge in [-0.25, -0.2) is 0 Å². The topological polar surface area (TPSA) is 32.8 Å². The van der Waals surface area contributed by atoms with Gasteiger partial charge in [-0.3, -0.25) is 0 Å². The highest BCUT2D eigenvalue weighted by molar-refractivity contribution is 6.28. The predicted octanol–water partition coefficient (Wildman–Crippen LogP) is 16.8. The number of anilines is 5. The minimum atomic E-state index is -0.119. The van der Waals surface area contributed by atoms with E-state index in [2.05, 4.69) is 236 Å². The van der Waals surface area contributed by atoms with Crippen molar-refractivity contribution in [1.29, 1.82) is 0 Å². The van der Waals surface area contributed by atoms with E-state index < -0.39 is 0 Å². The highest BCUT2D eigenvalue weighted by Crippen LogP contribution is 2.49. The first-order chi connectivity index (χ1) is 32.2. The Morgan fingerprint density at radius 2 is 1.00 bits per heavy atom. The second kappa shape index (κ2) is 15.5. The van der Waals surface area contributed by atoms with Gasteiger partial charge < -0.3 is 18.6 Å². The summed E-state index contributed by atoms with van der Waals surface area (Å²) in [5, 5.41) is 11.2. The largest absolute Gasteiger partial charge is 0.454 e. The van der Waals surface area contributed by atoms with Crippen molar-refractivity contribution in [3.63, 3.8) is 0 Å². The molecule has 0 atom stereocenters. The molecular weight excluding hydrogens is 817 g/mol. The Labute approximate surface area is 392 Å². The molecule has 0 aliphatic heterocycles. The van der Waals surface area contributed by atoms with Gasteiger partial charge in [0.05, 0.1) is 22.8 Å². The zero-order chi connectivity index (χ0) is 46.5. The van der Waals surface area contributed by atoms with Gasteiger partial charge in [0.25, 0.3) is 0 Å². The Bertz CT molecular complexity index is 3900. The van der Waals surface area contributed by atoms with Crippen molar-refractivity contribution in [2.24, 2.45) is 0 Å². The van der Waals surface area contributed by atoms with E-state index in [0.717, 1.165) is 94.0 Å². The third-order valence-electron chi connectivity index (χ3n) is 13.6. The summed E-state index contributed by atoms with van der Waals surface area (Å²) in [6.07, 6.45) is 4.27. The van der Waals surface area contributed by atoms with Gasteiger partial charge in [-0.15, -0.1) is 0 Å². The average Bonchev–Trinajstić information content (AvgIpc) is 3.86. The van der Waals surface area contributed by atoms with Crippen LogP contribution in [0.4, 0.5) is 28.4 Å². The summed E-state index contributed by atoms with van der Waals surface area (Å²) < 4.78 is 14.1. The van der Waals surface area contributed by atoms with E-state index in [1.54, 1.807) is 0 Å². The van der Waals surface area contributed by atoms with Crippen LogP contribution in [0.3, 0.4) is 0 Å². The molecule has 67 heavy (non-hydrogen) atoms. The summed E-state index contributed by atoms with van der Waals surface area (Å²) in [7, 11) is 0. The van der Waals surface area contributed by atoms with Crippen LogP contribution in [-0.4, -0.2) is 0 Å². The fraction of sp³-hybridized carbons (Fsp3) is 0.175. The van der Waals surface area contributed by atoms with Crippen LogP contribution in [0.1, 0.15) is 70.7 Å². The third-order valence-corrected chi connectivity index (χ3v) is 13.6. The molecule has 11 rings (SSSR count). The highest BCUT2D eigenvalue weighted by atomic mass is 16.3. The van der Waals surface area contributed by atoms with Gasteiger partial charge in [0, 0.05) is 54.7 Å². The van der Waals surface area contributed by atoms with E-state index in [9.17, 15) is 0 Å². The summed E-state index contributed by atoms with van der Waals surface area (Å²) in [5.41, 5.74) is 14.1. The van der Waals surface area contributed by atoms with Crippen molar-refractivity contribution in [3.05, 3.63) is 197 Å². The van der Waals surface area contributed by atoms with Crippen molar-refractivity contribution in [2.75, 3.05) is 9.80 Å². The zero-order valence-corrected chi connectivity index (χ0v) is 40.0. The molecule has 0 radical (unpaired) electrons. The van der Waals surface area contributed by atoms with Crippen LogP contribution in [0.2, 0.25) is 0 Å². The fourth-order valence-electron chi connectivity index (χ4n) is 10.5. The lowest BCUT2D eigenvalue weighted by molar-refractivity contribution is 0.538. The van der Waals surface area contributed by atoms with E-state index in [-0.39, 0.29) is 10.8 Å². The lowest BCUT2D eigenvalue weighted by Gasteiger charge is -2.29. The van der Waals surface area contributed by atoms with Gasteiger partial charge in [0.2, 0.25) is 0 Å². The molecule has 0 bridgehead atoms. The molecule has 0 fully saturated rings. The minimum absolute atomic E-state index is 0.0907. The summed E-state index contributed by atoms with van der Waals surface area (Å²) in [6.45, 7) is 24.6. The van der Waals surface area contributed by atoms with Crippen LogP contribution < -0.4 is 20.4 Å². The van der Waals surface area contributed by atoms with Crippen LogP contribution in [0.25, 0.3) is 77.5 Å². The predicted molar refractivity (Wildman–Crippen MR) is 287 cm³/mol. The van der Waals surface area contributed by atoms with Gasteiger partial charge in [-0.05, 0) is 113 Å². The third kappa shape index (κ3) is 6.80. The van der Waals surface area contributed by atoms with Gasteiger partial charge in [-0.2, -0.15) is 0 Å². The first-order valence-electron chi connectivity index (χ1n) is 23.5. The van der Waals surface area contributed by atoms with E-state index >= 15 is 0 Å². The number of benzene rings is 9. The second-order valence-corrected chi connectivity index (χ2v) is 20.4. The van der Waals surface area contributed by atoms with Gasteiger partial charge in [0.1, 0.15) is 11.2 Å². The van der Waals surface area contributed by atoms with Crippen LogP contribution in [0.5, 0.6) is 0 Å². The van der Waals surface area contributed by atoms with Gasteiger partial charge >= 0.3 is 0 Å². The quantitative estimate of drug-likeness (QED) is 0.149. The molecule has 4 nitrogen and oxygen atoms in total. The maximum absolute atomic E-state index is 7.08. The van der Waals surface area contributed by atoms with Gasteiger partial charge in [-0.1, -0.05) is 163 Å². The molecule has 11 aromatic rings. The summed E-state index contributed by atoms with van der Waals surface area (Å²) >= 11 is 0. The van der Waals surface area contributed by atoms with Crippen molar-refractivity contribution < 1.29 is 8.83 Å². The number of fused-ring (bicyclic) bond motifs is 4. The number of nitrogens with zero attached hydrogens (tertiary/aromatic N) is 2. The molecule has 330 valence electrons. The van der Waals surface area contributed by atoms with Crippen molar-refractivity contribution in [1.82, 2.24) is 0 Å². The fourth-order valence-corrected chi connectivity index (χ4v) is 10.5. The Kier molecular flexibility index (Phi) is 9.76. The van der Waals surface area contributed by atoms with E-state index in [0.29, 0.717) is 0 Å². The Morgan fingerprint density at radius 3 is 1.61 bits per heavy atom. The molecule has 9 aromatic carbocycles. The molecule has 0 saturated heterocycles. The molecule has 0 amide bonds. The number of hydrogen-bond donors (Lipinski definition) is 0. The highest BCUT2D eigenvalue weighted by Gasteiger charge is 2.27. The monoisotopic (exact) mass is 872 g/mol. The second-order valence-electron chi connectivity index (χ2n) is 20.4. The summed E-state index contributed by atoms with van der Waals surface area (Å²) in [6, 6.07) is 55.4. The smallest absolute Gasteiger partial charge is 0.159 e. The van der Waals surface area contributed by atoms with Crippen LogP contribution >= 0.6 is 0 Å². The van der Waals surface area contributed by atoms with Crippen molar-refractivity contribution >= 4 is 106 Å². The molecule has 4 heteroatoms. The Morgan fingerprint density at radius 1 is 0.493 bits per heavy atom. The number of aryl methyl sites for hydroxylation is 2. The summed E-state index contributed by atoms with van der Waals surface area (Å²) in [5.74, 6) is 0. The molecule has 0 unspecified atom stereocenters. The van der Waals surface area contributed by atoms with E-state index in [1.807, 2.05) is 0 Å². The molecule has 2 heterocycles. The molecule has 0 aliphatic carbocycles. The number of hydrogen-bond acceptors (Lipinski definition) is 4. The average molecular weight is 873 g/mol.